The number of nitrogens with zero attached hydrogens (tertiary/aromatic N) is 6. The Morgan fingerprint density at radius 1 is 1.12 bits per heavy atom. The van der Waals surface area contributed by atoms with Crippen LogP contribution < -0.4 is 5.32 Å². The highest BCUT2D eigenvalue weighted by molar-refractivity contribution is 5.92. The van der Waals surface area contributed by atoms with Crippen molar-refractivity contribution in [1.29, 1.82) is 0 Å². The zero-order chi connectivity index (χ0) is 23.5. The third-order valence-electron chi connectivity index (χ3n) is 6.10. The van der Waals surface area contributed by atoms with Gasteiger partial charge in [-0.1, -0.05) is 6.07 Å². The molecule has 4 rings (SSSR count). The second kappa shape index (κ2) is 9.52. The second-order valence-electron chi connectivity index (χ2n) is 8.71. The van der Waals surface area contributed by atoms with Crippen LogP contribution in [0.15, 0.2) is 30.3 Å². The van der Waals surface area contributed by atoms with Crippen molar-refractivity contribution in [2.24, 2.45) is 7.05 Å². The fourth-order valence-electron chi connectivity index (χ4n) is 4.35. The van der Waals surface area contributed by atoms with Gasteiger partial charge in [0.2, 0.25) is 11.9 Å². The molecule has 0 radical (unpaired) electrons. The molecule has 0 saturated carbocycles. The molecule has 1 atom stereocenters. The van der Waals surface area contributed by atoms with Gasteiger partial charge in [-0.25, -0.2) is 15.0 Å². The zero-order valence-corrected chi connectivity index (χ0v) is 20.0. The van der Waals surface area contributed by atoms with Gasteiger partial charge in [-0.15, -0.1) is 0 Å². The molecule has 172 valence electrons. The van der Waals surface area contributed by atoms with Gasteiger partial charge in [0.1, 0.15) is 5.82 Å². The molecule has 1 N–H and O–H groups in total. The predicted octanol–water partition coefficient (Wildman–Crippen LogP) is 4.00. The molecule has 1 aliphatic heterocycles. The fourth-order valence-corrected chi connectivity index (χ4v) is 4.35. The van der Waals surface area contributed by atoms with E-state index in [1.807, 2.05) is 74.7 Å². The van der Waals surface area contributed by atoms with Crippen molar-refractivity contribution < 1.29 is 4.79 Å². The quantitative estimate of drug-likeness (QED) is 0.597. The summed E-state index contributed by atoms with van der Waals surface area (Å²) in [5.74, 6) is 1.48. The van der Waals surface area contributed by atoms with E-state index < -0.39 is 0 Å². The molecule has 1 saturated heterocycles. The van der Waals surface area contributed by atoms with E-state index in [1.165, 1.54) is 0 Å². The van der Waals surface area contributed by atoms with Crippen molar-refractivity contribution in [2.75, 3.05) is 18.4 Å². The second-order valence-corrected chi connectivity index (χ2v) is 8.71. The van der Waals surface area contributed by atoms with Gasteiger partial charge in [0, 0.05) is 60.5 Å². The number of piperidine rings is 1. The van der Waals surface area contributed by atoms with E-state index in [9.17, 15) is 4.79 Å². The molecule has 33 heavy (non-hydrogen) atoms. The van der Waals surface area contributed by atoms with Gasteiger partial charge in [-0.3, -0.25) is 9.48 Å². The summed E-state index contributed by atoms with van der Waals surface area (Å²) in [6, 6.07) is 7.87. The van der Waals surface area contributed by atoms with Gasteiger partial charge in [0.15, 0.2) is 0 Å². The number of hydrogen-bond donors (Lipinski definition) is 1. The van der Waals surface area contributed by atoms with Crippen LogP contribution in [0.25, 0.3) is 6.08 Å². The van der Waals surface area contributed by atoms with Crippen molar-refractivity contribution >= 4 is 23.7 Å². The minimum absolute atomic E-state index is 0.0280. The fraction of sp³-hybridized carbons (Fsp3) is 0.400. The van der Waals surface area contributed by atoms with Crippen molar-refractivity contribution in [2.45, 2.75) is 46.5 Å². The molecule has 4 heterocycles. The Kier molecular flexibility index (Phi) is 6.53. The average Bonchev–Trinajstić information content (AvgIpc) is 3.02. The van der Waals surface area contributed by atoms with E-state index in [2.05, 4.69) is 20.4 Å². The normalized spacial score (nSPS) is 16.4. The lowest BCUT2D eigenvalue weighted by Gasteiger charge is -2.32. The average molecular weight is 446 g/mol. The van der Waals surface area contributed by atoms with Gasteiger partial charge in [0.25, 0.3) is 0 Å². The number of nitrogens with one attached hydrogen (secondary N) is 1. The first kappa shape index (κ1) is 22.6. The number of pyridine rings is 1. The number of carbonyl (C=O) groups excluding carboxylic acids is 1. The maximum Gasteiger partial charge on any atom is 0.246 e. The highest BCUT2D eigenvalue weighted by Gasteiger charge is 2.25. The molecule has 1 aliphatic rings. The third kappa shape index (κ3) is 5.27. The zero-order valence-electron chi connectivity index (χ0n) is 20.0. The van der Waals surface area contributed by atoms with Gasteiger partial charge < -0.3 is 10.2 Å². The Hall–Kier alpha value is -3.55. The largest absolute Gasteiger partial charge is 0.338 e. The summed E-state index contributed by atoms with van der Waals surface area (Å²) in [5.41, 5.74) is 5.78. The van der Waals surface area contributed by atoms with E-state index in [0.717, 1.165) is 53.4 Å². The van der Waals surface area contributed by atoms with Crippen LogP contribution in [0.1, 0.15) is 52.8 Å². The molecule has 8 nitrogen and oxygen atoms in total. The molecular weight excluding hydrogens is 414 g/mol. The van der Waals surface area contributed by atoms with E-state index >= 15 is 0 Å². The summed E-state index contributed by atoms with van der Waals surface area (Å²) >= 11 is 0. The van der Waals surface area contributed by atoms with Crippen LogP contribution in [0.4, 0.5) is 11.8 Å². The molecule has 1 amide bonds. The number of rotatable bonds is 5. The standard InChI is InChI=1S/C25H31N7O/c1-16-14-17(2)27-25(26-16)29-23-10-6-9-22(28-23)20-8-7-13-32(15-20)24(33)12-11-21-18(3)30-31(5)19(21)4/h6,9-12,14,20H,7-8,13,15H2,1-5H3,(H,26,27,28,29)/b12-11+/t20-/m0/s1. The number of carbonyl (C=O) groups is 1. The Bertz CT molecular complexity index is 1180. The molecule has 0 aromatic carbocycles. The van der Waals surface area contributed by atoms with Crippen LogP contribution in [-0.4, -0.2) is 48.6 Å². The molecule has 0 aliphatic carbocycles. The summed E-state index contributed by atoms with van der Waals surface area (Å²) < 4.78 is 1.84. The molecule has 0 spiro atoms. The van der Waals surface area contributed by atoms with Crippen LogP contribution in [-0.2, 0) is 11.8 Å². The van der Waals surface area contributed by atoms with E-state index in [-0.39, 0.29) is 11.8 Å². The van der Waals surface area contributed by atoms with Crippen LogP contribution in [0.5, 0.6) is 0 Å². The van der Waals surface area contributed by atoms with Gasteiger partial charge in [-0.2, -0.15) is 5.10 Å². The lowest BCUT2D eigenvalue weighted by atomic mass is 9.94. The number of amides is 1. The molecule has 3 aromatic heterocycles. The van der Waals surface area contributed by atoms with Crippen molar-refractivity contribution in [3.8, 4) is 0 Å². The van der Waals surface area contributed by atoms with Gasteiger partial charge in [-0.05, 0) is 64.8 Å². The monoisotopic (exact) mass is 445 g/mol. The summed E-state index contributed by atoms with van der Waals surface area (Å²) in [7, 11) is 1.92. The first-order valence-corrected chi connectivity index (χ1v) is 11.3. The first-order valence-electron chi connectivity index (χ1n) is 11.3. The number of likely N-dealkylation sites (tertiary alicyclic amines) is 1. The predicted molar refractivity (Wildman–Crippen MR) is 129 cm³/mol. The van der Waals surface area contributed by atoms with Crippen molar-refractivity contribution in [3.05, 3.63) is 64.4 Å². The molecule has 1 fully saturated rings. The number of hydrogen-bond acceptors (Lipinski definition) is 6. The number of anilines is 2. The van der Waals surface area contributed by atoms with E-state index in [1.54, 1.807) is 6.08 Å². The lowest BCUT2D eigenvalue weighted by Crippen LogP contribution is -2.38. The molecule has 0 unspecified atom stereocenters. The molecule has 3 aromatic rings. The van der Waals surface area contributed by atoms with Crippen LogP contribution in [0.2, 0.25) is 0 Å². The SMILES string of the molecule is Cc1cc(C)nc(Nc2cccc([C@H]3CCCN(C(=O)/C=C/c4c(C)nn(C)c4C)C3)n2)n1. The Morgan fingerprint density at radius 3 is 2.58 bits per heavy atom. The summed E-state index contributed by atoms with van der Waals surface area (Å²) in [4.78, 5) is 28.5. The Morgan fingerprint density at radius 2 is 1.88 bits per heavy atom. The first-order chi connectivity index (χ1) is 15.8. The van der Waals surface area contributed by atoms with Crippen molar-refractivity contribution in [1.82, 2.24) is 29.6 Å². The number of aryl methyl sites for hydroxylation is 4. The Balaban J connectivity index is 1.45. The summed E-state index contributed by atoms with van der Waals surface area (Å²) in [6.07, 6.45) is 5.51. The molecular formula is C25H31N7O. The smallest absolute Gasteiger partial charge is 0.246 e. The van der Waals surface area contributed by atoms with E-state index in [0.29, 0.717) is 18.3 Å². The topological polar surface area (TPSA) is 88.8 Å². The minimum atomic E-state index is 0.0280. The summed E-state index contributed by atoms with van der Waals surface area (Å²) in [5, 5.41) is 7.63. The molecule has 8 heteroatoms. The Labute approximate surface area is 194 Å². The maximum atomic E-state index is 12.9. The van der Waals surface area contributed by atoms with Crippen LogP contribution in [0.3, 0.4) is 0 Å². The lowest BCUT2D eigenvalue weighted by molar-refractivity contribution is -0.127. The third-order valence-corrected chi connectivity index (χ3v) is 6.10. The minimum Gasteiger partial charge on any atom is -0.338 e. The maximum absolute atomic E-state index is 12.9. The van der Waals surface area contributed by atoms with Crippen molar-refractivity contribution in [3.63, 3.8) is 0 Å². The highest BCUT2D eigenvalue weighted by Crippen LogP contribution is 2.27. The van der Waals surface area contributed by atoms with Gasteiger partial charge in [0.05, 0.1) is 5.69 Å². The van der Waals surface area contributed by atoms with Crippen LogP contribution in [0, 0.1) is 27.7 Å². The van der Waals surface area contributed by atoms with Gasteiger partial charge >= 0.3 is 0 Å². The summed E-state index contributed by atoms with van der Waals surface area (Å²) in [6.45, 7) is 9.29. The molecule has 0 bridgehead atoms. The highest BCUT2D eigenvalue weighted by atomic mass is 16.2. The number of aromatic nitrogens is 5. The van der Waals surface area contributed by atoms with E-state index in [4.69, 9.17) is 4.98 Å². The van der Waals surface area contributed by atoms with Crippen LogP contribution >= 0.6 is 0 Å².